The van der Waals surface area contributed by atoms with E-state index >= 15 is 0 Å². The Morgan fingerprint density at radius 2 is 1.95 bits per heavy atom. The fraction of sp³-hybridized carbons (Fsp3) is 0.467. The van der Waals surface area contributed by atoms with Crippen molar-refractivity contribution in [1.29, 1.82) is 0 Å². The summed E-state index contributed by atoms with van der Waals surface area (Å²) in [6.45, 7) is -0.0688. The van der Waals surface area contributed by atoms with E-state index in [9.17, 15) is 9.59 Å². The summed E-state index contributed by atoms with van der Waals surface area (Å²) in [6, 6.07) is 4.93. The molecule has 0 heterocycles. The van der Waals surface area contributed by atoms with Crippen molar-refractivity contribution < 1.29 is 14.3 Å². The van der Waals surface area contributed by atoms with Crippen LogP contribution in [0.2, 0.25) is 0 Å². The van der Waals surface area contributed by atoms with Crippen LogP contribution in [0, 0.1) is 0 Å². The molecule has 1 aromatic rings. The molecule has 2 amide bonds. The SMILES string of the molecule is COc1cc(N)cc(C(=O)N(CC(N)=O)C2CCCC2)c1. The molecule has 0 spiro atoms. The highest BCUT2D eigenvalue weighted by molar-refractivity contribution is 5.97. The fourth-order valence-corrected chi connectivity index (χ4v) is 2.78. The zero-order chi connectivity index (χ0) is 15.4. The number of carbonyl (C=O) groups is 2. The Morgan fingerprint density at radius 3 is 2.52 bits per heavy atom. The minimum atomic E-state index is -0.508. The number of amides is 2. The molecular formula is C15H21N3O3. The number of ether oxygens (including phenoxy) is 1. The number of benzene rings is 1. The van der Waals surface area contributed by atoms with E-state index in [1.54, 1.807) is 23.1 Å². The summed E-state index contributed by atoms with van der Waals surface area (Å²) in [6.07, 6.45) is 3.93. The molecule has 0 unspecified atom stereocenters. The summed E-state index contributed by atoms with van der Waals surface area (Å²) in [7, 11) is 1.52. The molecule has 0 aromatic heterocycles. The maximum absolute atomic E-state index is 12.7. The summed E-state index contributed by atoms with van der Waals surface area (Å²) in [5.41, 5.74) is 11.9. The van der Waals surface area contributed by atoms with E-state index in [1.807, 2.05) is 0 Å². The Hall–Kier alpha value is -2.24. The molecular weight excluding hydrogens is 270 g/mol. The predicted octanol–water partition coefficient (Wildman–Crippen LogP) is 1.15. The minimum Gasteiger partial charge on any atom is -0.497 e. The van der Waals surface area contributed by atoms with E-state index in [0.717, 1.165) is 25.7 Å². The molecule has 2 rings (SSSR count). The number of methoxy groups -OCH3 is 1. The molecule has 4 N–H and O–H groups in total. The molecule has 1 aliphatic carbocycles. The molecule has 6 nitrogen and oxygen atoms in total. The standard InChI is InChI=1S/C15H21N3O3/c1-21-13-7-10(6-11(16)8-13)15(20)18(9-14(17)19)12-4-2-3-5-12/h6-8,12H,2-5,9,16H2,1H3,(H2,17,19). The van der Waals surface area contributed by atoms with E-state index < -0.39 is 5.91 Å². The first-order valence-electron chi connectivity index (χ1n) is 7.05. The van der Waals surface area contributed by atoms with Crippen molar-refractivity contribution in [3.05, 3.63) is 23.8 Å². The molecule has 0 saturated heterocycles. The first-order chi connectivity index (χ1) is 10.0. The van der Waals surface area contributed by atoms with Crippen LogP contribution in [0.3, 0.4) is 0 Å². The minimum absolute atomic E-state index is 0.0671. The molecule has 21 heavy (non-hydrogen) atoms. The van der Waals surface area contributed by atoms with Gasteiger partial charge >= 0.3 is 0 Å². The highest BCUT2D eigenvalue weighted by atomic mass is 16.5. The molecule has 1 aromatic carbocycles. The Balaban J connectivity index is 2.28. The van der Waals surface area contributed by atoms with Gasteiger partial charge in [-0.2, -0.15) is 0 Å². The number of nitrogens with zero attached hydrogens (tertiary/aromatic N) is 1. The number of rotatable bonds is 5. The first kappa shape index (κ1) is 15.2. The molecule has 114 valence electrons. The van der Waals surface area contributed by atoms with Crippen LogP contribution in [-0.2, 0) is 4.79 Å². The zero-order valence-electron chi connectivity index (χ0n) is 12.2. The van der Waals surface area contributed by atoms with Gasteiger partial charge in [-0.15, -0.1) is 0 Å². The number of carbonyl (C=O) groups excluding carboxylic acids is 2. The van der Waals surface area contributed by atoms with Crippen LogP contribution >= 0.6 is 0 Å². The lowest BCUT2D eigenvalue weighted by Crippen LogP contribution is -2.44. The maximum atomic E-state index is 12.7. The second-order valence-electron chi connectivity index (χ2n) is 5.33. The second-order valence-corrected chi connectivity index (χ2v) is 5.33. The lowest BCUT2D eigenvalue weighted by atomic mass is 10.1. The average Bonchev–Trinajstić information content (AvgIpc) is 2.97. The van der Waals surface area contributed by atoms with Crippen LogP contribution in [0.4, 0.5) is 5.69 Å². The number of nitrogen functional groups attached to an aromatic ring is 1. The molecule has 1 fully saturated rings. The predicted molar refractivity (Wildman–Crippen MR) is 79.9 cm³/mol. The van der Waals surface area contributed by atoms with Gasteiger partial charge in [0.05, 0.1) is 13.7 Å². The van der Waals surface area contributed by atoms with Gasteiger partial charge in [-0.05, 0) is 25.0 Å². The van der Waals surface area contributed by atoms with E-state index in [-0.39, 0.29) is 18.5 Å². The van der Waals surface area contributed by atoms with Gasteiger partial charge in [0.1, 0.15) is 5.75 Å². The third-order valence-corrected chi connectivity index (χ3v) is 3.76. The third-order valence-electron chi connectivity index (χ3n) is 3.76. The van der Waals surface area contributed by atoms with E-state index in [0.29, 0.717) is 17.0 Å². The van der Waals surface area contributed by atoms with E-state index in [1.165, 1.54) is 7.11 Å². The monoisotopic (exact) mass is 291 g/mol. The van der Waals surface area contributed by atoms with Crippen molar-refractivity contribution >= 4 is 17.5 Å². The zero-order valence-corrected chi connectivity index (χ0v) is 12.2. The lowest BCUT2D eigenvalue weighted by Gasteiger charge is -2.28. The van der Waals surface area contributed by atoms with E-state index in [4.69, 9.17) is 16.2 Å². The largest absolute Gasteiger partial charge is 0.497 e. The van der Waals surface area contributed by atoms with Crippen LogP contribution in [0.5, 0.6) is 5.75 Å². The smallest absolute Gasteiger partial charge is 0.254 e. The fourth-order valence-electron chi connectivity index (χ4n) is 2.78. The van der Waals surface area contributed by atoms with Crippen LogP contribution in [0.15, 0.2) is 18.2 Å². The van der Waals surface area contributed by atoms with Crippen molar-refractivity contribution in [2.75, 3.05) is 19.4 Å². The summed E-state index contributed by atoms with van der Waals surface area (Å²) < 4.78 is 5.13. The van der Waals surface area contributed by atoms with Gasteiger partial charge in [-0.1, -0.05) is 12.8 Å². The normalized spacial score (nSPS) is 14.9. The van der Waals surface area contributed by atoms with Crippen molar-refractivity contribution in [1.82, 2.24) is 4.90 Å². The Labute approximate surface area is 124 Å². The highest BCUT2D eigenvalue weighted by Crippen LogP contribution is 2.26. The van der Waals surface area contributed by atoms with Crippen LogP contribution in [0.1, 0.15) is 36.0 Å². The van der Waals surface area contributed by atoms with Crippen LogP contribution in [-0.4, -0.2) is 36.4 Å². The topological polar surface area (TPSA) is 98.7 Å². The Bertz CT molecular complexity index is 539. The average molecular weight is 291 g/mol. The van der Waals surface area contributed by atoms with Crippen LogP contribution < -0.4 is 16.2 Å². The molecule has 1 aliphatic rings. The third kappa shape index (κ3) is 3.65. The van der Waals surface area contributed by atoms with Gasteiger partial charge in [-0.25, -0.2) is 0 Å². The summed E-state index contributed by atoms with van der Waals surface area (Å²) >= 11 is 0. The van der Waals surface area contributed by atoms with Crippen molar-refractivity contribution in [2.24, 2.45) is 5.73 Å². The number of anilines is 1. The summed E-state index contributed by atoms with van der Waals surface area (Å²) in [5.74, 6) is -0.221. The van der Waals surface area contributed by atoms with E-state index in [2.05, 4.69) is 0 Å². The van der Waals surface area contributed by atoms with Gasteiger partial charge in [-0.3, -0.25) is 9.59 Å². The Kier molecular flexibility index (Phi) is 4.67. The van der Waals surface area contributed by atoms with Gasteiger partial charge in [0.25, 0.3) is 5.91 Å². The van der Waals surface area contributed by atoms with Crippen molar-refractivity contribution in [2.45, 2.75) is 31.7 Å². The summed E-state index contributed by atoms with van der Waals surface area (Å²) in [5, 5.41) is 0. The molecule has 0 aliphatic heterocycles. The maximum Gasteiger partial charge on any atom is 0.254 e. The molecule has 1 saturated carbocycles. The highest BCUT2D eigenvalue weighted by Gasteiger charge is 2.28. The number of nitrogens with two attached hydrogens (primary N) is 2. The van der Waals surface area contributed by atoms with Crippen molar-refractivity contribution in [3.63, 3.8) is 0 Å². The van der Waals surface area contributed by atoms with Gasteiger partial charge < -0.3 is 21.1 Å². The molecule has 6 heteroatoms. The number of hydrogen-bond donors (Lipinski definition) is 2. The number of primary amides is 1. The Morgan fingerprint density at radius 1 is 1.29 bits per heavy atom. The first-order valence-corrected chi connectivity index (χ1v) is 7.05. The van der Waals surface area contributed by atoms with Gasteiger partial charge in [0.15, 0.2) is 0 Å². The number of hydrogen-bond acceptors (Lipinski definition) is 4. The molecule has 0 bridgehead atoms. The summed E-state index contributed by atoms with van der Waals surface area (Å²) in [4.78, 5) is 25.5. The van der Waals surface area contributed by atoms with Crippen molar-refractivity contribution in [3.8, 4) is 5.75 Å². The lowest BCUT2D eigenvalue weighted by molar-refractivity contribution is -0.119. The second kappa shape index (κ2) is 6.47. The van der Waals surface area contributed by atoms with Gasteiger partial charge in [0, 0.05) is 23.4 Å². The van der Waals surface area contributed by atoms with Crippen LogP contribution in [0.25, 0.3) is 0 Å². The molecule has 0 radical (unpaired) electrons. The quantitative estimate of drug-likeness (QED) is 0.795. The van der Waals surface area contributed by atoms with Gasteiger partial charge in [0.2, 0.25) is 5.91 Å². The molecule has 0 atom stereocenters.